The molecule has 1 saturated heterocycles. The number of amides is 3. The third-order valence-electron chi connectivity index (χ3n) is 6.25. The van der Waals surface area contributed by atoms with Gasteiger partial charge in [0.25, 0.3) is 0 Å². The summed E-state index contributed by atoms with van der Waals surface area (Å²) in [7, 11) is 0. The average molecular weight is 478 g/mol. The molecule has 182 valence electrons. The summed E-state index contributed by atoms with van der Waals surface area (Å²) in [4.78, 5) is 40.8. The van der Waals surface area contributed by atoms with E-state index in [0.29, 0.717) is 24.5 Å². The smallest absolute Gasteiger partial charge is 0.408 e. The SMILES string of the molecule is CC(C)(C)OC(=O)N[C@@H](C(=O)N1CCC[C@H]1C(=O)NCc1cccc(Cl)c1)C1CCCCC1. The molecule has 0 aromatic heterocycles. The fourth-order valence-corrected chi connectivity index (χ4v) is 4.93. The lowest BCUT2D eigenvalue weighted by Gasteiger charge is -2.35. The number of ether oxygens (including phenoxy) is 1. The largest absolute Gasteiger partial charge is 0.444 e. The fraction of sp³-hybridized carbons (Fsp3) is 0.640. The molecule has 0 unspecified atom stereocenters. The zero-order valence-electron chi connectivity index (χ0n) is 19.9. The second-order valence-electron chi connectivity index (χ2n) is 10.1. The molecule has 0 spiro atoms. The summed E-state index contributed by atoms with van der Waals surface area (Å²) in [5.41, 5.74) is 0.249. The molecule has 2 N–H and O–H groups in total. The Morgan fingerprint density at radius 3 is 2.52 bits per heavy atom. The third-order valence-corrected chi connectivity index (χ3v) is 6.49. The molecule has 1 aliphatic carbocycles. The minimum atomic E-state index is -0.679. The molecule has 2 aliphatic rings. The predicted molar refractivity (Wildman–Crippen MR) is 128 cm³/mol. The van der Waals surface area contributed by atoms with Gasteiger partial charge in [0.1, 0.15) is 17.7 Å². The van der Waals surface area contributed by atoms with Crippen molar-refractivity contribution in [1.29, 1.82) is 0 Å². The van der Waals surface area contributed by atoms with Crippen LogP contribution in [0.25, 0.3) is 0 Å². The fourth-order valence-electron chi connectivity index (χ4n) is 4.72. The van der Waals surface area contributed by atoms with Crippen molar-refractivity contribution < 1.29 is 19.1 Å². The van der Waals surface area contributed by atoms with Crippen molar-refractivity contribution in [3.8, 4) is 0 Å². The normalized spacial score (nSPS) is 20.2. The molecule has 8 heteroatoms. The first-order valence-electron chi connectivity index (χ1n) is 12.0. The van der Waals surface area contributed by atoms with Crippen LogP contribution in [0.2, 0.25) is 5.02 Å². The van der Waals surface area contributed by atoms with Gasteiger partial charge in [0.2, 0.25) is 11.8 Å². The summed E-state index contributed by atoms with van der Waals surface area (Å²) in [6.07, 6.45) is 5.75. The number of carbonyl (C=O) groups is 3. The van der Waals surface area contributed by atoms with Crippen LogP contribution >= 0.6 is 11.6 Å². The second-order valence-corrected chi connectivity index (χ2v) is 10.5. The van der Waals surface area contributed by atoms with Gasteiger partial charge in [0.05, 0.1) is 0 Å². The minimum Gasteiger partial charge on any atom is -0.444 e. The van der Waals surface area contributed by atoms with Gasteiger partial charge < -0.3 is 20.3 Å². The van der Waals surface area contributed by atoms with Gasteiger partial charge in [-0.3, -0.25) is 9.59 Å². The van der Waals surface area contributed by atoms with Gasteiger partial charge in [-0.25, -0.2) is 4.79 Å². The molecule has 7 nitrogen and oxygen atoms in total. The molecule has 3 amide bonds. The molecule has 1 aromatic carbocycles. The van der Waals surface area contributed by atoms with Crippen LogP contribution in [-0.2, 0) is 20.9 Å². The van der Waals surface area contributed by atoms with Crippen LogP contribution in [-0.4, -0.2) is 47.0 Å². The predicted octanol–water partition coefficient (Wildman–Crippen LogP) is 4.42. The van der Waals surface area contributed by atoms with Gasteiger partial charge in [-0.1, -0.05) is 43.0 Å². The van der Waals surface area contributed by atoms with E-state index >= 15 is 0 Å². The Bertz CT molecular complexity index is 848. The monoisotopic (exact) mass is 477 g/mol. The van der Waals surface area contributed by atoms with Crippen LogP contribution in [0.3, 0.4) is 0 Å². The summed E-state index contributed by atoms with van der Waals surface area (Å²) in [6.45, 7) is 6.24. The first-order valence-corrected chi connectivity index (χ1v) is 12.3. The van der Waals surface area contributed by atoms with E-state index in [2.05, 4.69) is 10.6 Å². The zero-order valence-corrected chi connectivity index (χ0v) is 20.6. The molecule has 1 saturated carbocycles. The van der Waals surface area contributed by atoms with Crippen molar-refractivity contribution in [2.24, 2.45) is 5.92 Å². The van der Waals surface area contributed by atoms with Crippen molar-refractivity contribution in [1.82, 2.24) is 15.5 Å². The highest BCUT2D eigenvalue weighted by Crippen LogP contribution is 2.29. The number of halogens is 1. The van der Waals surface area contributed by atoms with Gasteiger partial charge in [-0.05, 0) is 70.1 Å². The van der Waals surface area contributed by atoms with E-state index in [9.17, 15) is 14.4 Å². The maximum absolute atomic E-state index is 13.6. The number of hydrogen-bond acceptors (Lipinski definition) is 4. The summed E-state index contributed by atoms with van der Waals surface area (Å²) in [6, 6.07) is 6.11. The number of likely N-dealkylation sites (tertiary alicyclic amines) is 1. The number of rotatable bonds is 6. The van der Waals surface area contributed by atoms with Crippen molar-refractivity contribution in [3.63, 3.8) is 0 Å². The molecule has 0 bridgehead atoms. The van der Waals surface area contributed by atoms with Gasteiger partial charge in [0, 0.05) is 18.1 Å². The summed E-state index contributed by atoms with van der Waals surface area (Å²) in [5.74, 6) is -0.316. The molecule has 1 aliphatic heterocycles. The quantitative estimate of drug-likeness (QED) is 0.634. The Kier molecular flexibility index (Phi) is 8.63. The van der Waals surface area contributed by atoms with E-state index in [0.717, 1.165) is 44.1 Å². The standard InChI is InChI=1S/C25H36ClN3O4/c1-25(2,3)33-24(32)28-21(18-10-5-4-6-11-18)23(31)29-14-8-13-20(29)22(30)27-16-17-9-7-12-19(26)15-17/h7,9,12,15,18,20-21H,4-6,8,10-11,13-14,16H2,1-3H3,(H,27,30)(H,28,32)/t20-,21+/m0/s1. The number of nitrogens with zero attached hydrogens (tertiary/aromatic N) is 1. The molecule has 2 fully saturated rings. The number of nitrogens with one attached hydrogen (secondary N) is 2. The molecular formula is C25H36ClN3O4. The first kappa shape index (κ1) is 25.3. The lowest BCUT2D eigenvalue weighted by molar-refractivity contribution is -0.141. The van der Waals surface area contributed by atoms with E-state index in [-0.39, 0.29) is 17.7 Å². The minimum absolute atomic E-state index is 0.0505. The van der Waals surface area contributed by atoms with Gasteiger partial charge in [-0.15, -0.1) is 0 Å². The third kappa shape index (κ3) is 7.36. The molecule has 2 atom stereocenters. The van der Waals surface area contributed by atoms with Gasteiger partial charge in [-0.2, -0.15) is 0 Å². The van der Waals surface area contributed by atoms with Gasteiger partial charge >= 0.3 is 6.09 Å². The van der Waals surface area contributed by atoms with Crippen LogP contribution in [0.15, 0.2) is 24.3 Å². The maximum atomic E-state index is 13.6. The molecule has 1 aromatic rings. The van der Waals surface area contributed by atoms with Crippen LogP contribution in [0.1, 0.15) is 71.3 Å². The van der Waals surface area contributed by atoms with Crippen LogP contribution in [0, 0.1) is 5.92 Å². The molecule has 1 heterocycles. The molecular weight excluding hydrogens is 442 g/mol. The molecule has 3 rings (SSSR count). The first-order chi connectivity index (χ1) is 15.6. The van der Waals surface area contributed by atoms with Crippen molar-refractivity contribution in [2.45, 2.75) is 89.9 Å². The Morgan fingerprint density at radius 2 is 1.85 bits per heavy atom. The Balaban J connectivity index is 1.68. The molecule has 0 radical (unpaired) electrons. The topological polar surface area (TPSA) is 87.7 Å². The van der Waals surface area contributed by atoms with Crippen LogP contribution < -0.4 is 10.6 Å². The van der Waals surface area contributed by atoms with E-state index in [1.165, 1.54) is 0 Å². The Morgan fingerprint density at radius 1 is 1.12 bits per heavy atom. The summed E-state index contributed by atoms with van der Waals surface area (Å²) in [5, 5.41) is 6.40. The van der Waals surface area contributed by atoms with E-state index in [4.69, 9.17) is 16.3 Å². The maximum Gasteiger partial charge on any atom is 0.408 e. The van der Waals surface area contributed by atoms with Crippen LogP contribution in [0.4, 0.5) is 4.79 Å². The second kappa shape index (κ2) is 11.2. The average Bonchev–Trinajstić information content (AvgIpc) is 3.25. The number of benzene rings is 1. The van der Waals surface area contributed by atoms with Crippen molar-refractivity contribution in [2.75, 3.05) is 6.54 Å². The van der Waals surface area contributed by atoms with Gasteiger partial charge in [0.15, 0.2) is 0 Å². The number of hydrogen-bond donors (Lipinski definition) is 2. The van der Waals surface area contributed by atoms with Crippen molar-refractivity contribution in [3.05, 3.63) is 34.9 Å². The summed E-state index contributed by atoms with van der Waals surface area (Å²) < 4.78 is 5.43. The molecule has 33 heavy (non-hydrogen) atoms. The summed E-state index contributed by atoms with van der Waals surface area (Å²) >= 11 is 6.03. The van der Waals surface area contributed by atoms with E-state index in [1.807, 2.05) is 18.2 Å². The van der Waals surface area contributed by atoms with E-state index in [1.54, 1.807) is 31.7 Å². The highest BCUT2D eigenvalue weighted by Gasteiger charge is 2.41. The lowest BCUT2D eigenvalue weighted by Crippen LogP contribution is -2.56. The lowest BCUT2D eigenvalue weighted by atomic mass is 9.83. The zero-order chi connectivity index (χ0) is 24.0. The van der Waals surface area contributed by atoms with Crippen LogP contribution in [0.5, 0.6) is 0 Å². The van der Waals surface area contributed by atoms with Crippen molar-refractivity contribution >= 4 is 29.5 Å². The Labute approximate surface area is 201 Å². The highest BCUT2D eigenvalue weighted by molar-refractivity contribution is 6.30. The Hall–Kier alpha value is -2.28. The number of alkyl carbamates (subject to hydrolysis) is 1. The highest BCUT2D eigenvalue weighted by atomic mass is 35.5. The number of carbonyl (C=O) groups excluding carboxylic acids is 3. The van der Waals surface area contributed by atoms with E-state index < -0.39 is 23.8 Å².